The van der Waals surface area contributed by atoms with Crippen molar-refractivity contribution in [1.29, 1.82) is 0 Å². The lowest BCUT2D eigenvalue weighted by Crippen LogP contribution is -2.24. The van der Waals surface area contributed by atoms with Crippen LogP contribution >= 0.6 is 0 Å². The summed E-state index contributed by atoms with van der Waals surface area (Å²) < 4.78 is 24.1. The van der Waals surface area contributed by atoms with E-state index < -0.39 is 6.43 Å². The van der Waals surface area contributed by atoms with Gasteiger partial charge < -0.3 is 5.43 Å². The zero-order valence-corrected chi connectivity index (χ0v) is 8.45. The minimum Gasteiger partial charge on any atom is -0.308 e. The van der Waals surface area contributed by atoms with Crippen molar-refractivity contribution >= 4 is 5.82 Å². The number of nitrogens with one attached hydrogen (secondary N) is 1. The Bertz CT molecular complexity index is 306. The summed E-state index contributed by atoms with van der Waals surface area (Å²) in [5.74, 6) is 5.71. The summed E-state index contributed by atoms with van der Waals surface area (Å²) in [5, 5.41) is 0. The highest BCUT2D eigenvalue weighted by molar-refractivity contribution is 5.33. The molecular weight excluding hydrogens is 202 g/mol. The number of pyridine rings is 1. The Labute approximate surface area is 87.1 Å². The predicted molar refractivity (Wildman–Crippen MR) is 54.4 cm³/mol. The van der Waals surface area contributed by atoms with E-state index in [1.165, 1.54) is 4.90 Å². The maximum absolute atomic E-state index is 12.0. The van der Waals surface area contributed by atoms with Crippen LogP contribution in [0.4, 0.5) is 14.6 Å². The lowest BCUT2D eigenvalue weighted by atomic mass is 10.3. The Balaban J connectivity index is 2.55. The molecule has 0 fully saturated rings. The molecule has 0 amide bonds. The van der Waals surface area contributed by atoms with E-state index in [4.69, 9.17) is 5.84 Å². The summed E-state index contributed by atoms with van der Waals surface area (Å²) in [6.07, 6.45) is -2.33. The molecule has 0 aliphatic carbocycles. The van der Waals surface area contributed by atoms with Crippen LogP contribution in [-0.2, 0) is 6.54 Å². The van der Waals surface area contributed by atoms with Crippen LogP contribution in [-0.4, -0.2) is 29.9 Å². The largest absolute Gasteiger partial charge is 0.308 e. The monoisotopic (exact) mass is 216 g/mol. The van der Waals surface area contributed by atoms with Crippen molar-refractivity contribution < 1.29 is 8.78 Å². The fourth-order valence-electron chi connectivity index (χ4n) is 1.22. The van der Waals surface area contributed by atoms with Crippen molar-refractivity contribution in [3.8, 4) is 0 Å². The molecule has 6 heteroatoms. The fourth-order valence-corrected chi connectivity index (χ4v) is 1.22. The molecule has 0 aromatic carbocycles. The molecule has 0 atom stereocenters. The molecule has 0 aliphatic rings. The number of nitrogens with two attached hydrogens (primary N) is 1. The highest BCUT2D eigenvalue weighted by Gasteiger charge is 2.08. The quantitative estimate of drug-likeness (QED) is 0.571. The molecule has 84 valence electrons. The highest BCUT2D eigenvalue weighted by atomic mass is 19.3. The smallest absolute Gasteiger partial charge is 0.251 e. The standard InChI is InChI=1S/C9H14F2N4/c1-15(6-8(10)11)5-7-3-2-4-9(13-7)14-12/h2-4,8H,5-6,12H2,1H3,(H,13,14). The van der Waals surface area contributed by atoms with E-state index in [0.29, 0.717) is 18.1 Å². The normalized spacial score (nSPS) is 11.1. The van der Waals surface area contributed by atoms with Crippen LogP contribution in [0.25, 0.3) is 0 Å². The molecular formula is C9H14F2N4. The summed E-state index contributed by atoms with van der Waals surface area (Å²) in [7, 11) is 1.62. The highest BCUT2D eigenvalue weighted by Crippen LogP contribution is 2.06. The number of hydrogen-bond acceptors (Lipinski definition) is 4. The number of halogens is 2. The summed E-state index contributed by atoms with van der Waals surface area (Å²) >= 11 is 0. The third-order valence-corrected chi connectivity index (χ3v) is 1.84. The number of hydrogen-bond donors (Lipinski definition) is 2. The molecule has 0 saturated heterocycles. The van der Waals surface area contributed by atoms with E-state index in [-0.39, 0.29) is 6.54 Å². The zero-order valence-electron chi connectivity index (χ0n) is 8.45. The van der Waals surface area contributed by atoms with Gasteiger partial charge in [0, 0.05) is 6.54 Å². The maximum Gasteiger partial charge on any atom is 0.251 e. The van der Waals surface area contributed by atoms with Crippen molar-refractivity contribution in [3.05, 3.63) is 23.9 Å². The van der Waals surface area contributed by atoms with Crippen LogP contribution in [0.15, 0.2) is 18.2 Å². The zero-order chi connectivity index (χ0) is 11.3. The number of aromatic nitrogens is 1. The first-order chi connectivity index (χ1) is 7.11. The number of hydrazine groups is 1. The Morgan fingerprint density at radius 3 is 2.87 bits per heavy atom. The molecule has 1 aromatic rings. The number of nitrogen functional groups attached to an aromatic ring is 1. The van der Waals surface area contributed by atoms with Crippen LogP contribution in [0.1, 0.15) is 5.69 Å². The fraction of sp³-hybridized carbons (Fsp3) is 0.444. The molecule has 1 rings (SSSR count). The van der Waals surface area contributed by atoms with Gasteiger partial charge in [0.05, 0.1) is 12.2 Å². The molecule has 0 aliphatic heterocycles. The maximum atomic E-state index is 12.0. The van der Waals surface area contributed by atoms with Gasteiger partial charge in [0.1, 0.15) is 5.82 Å². The molecule has 0 radical (unpaired) electrons. The van der Waals surface area contributed by atoms with E-state index >= 15 is 0 Å². The van der Waals surface area contributed by atoms with E-state index in [9.17, 15) is 8.78 Å². The SMILES string of the molecule is CN(Cc1cccc(NN)n1)CC(F)F. The van der Waals surface area contributed by atoms with Crippen LogP contribution in [0.5, 0.6) is 0 Å². The summed E-state index contributed by atoms with van der Waals surface area (Å²) in [6, 6.07) is 5.24. The molecule has 3 N–H and O–H groups in total. The second-order valence-corrected chi connectivity index (χ2v) is 3.25. The third kappa shape index (κ3) is 4.18. The summed E-state index contributed by atoms with van der Waals surface area (Å²) in [5.41, 5.74) is 3.11. The number of nitrogens with zero attached hydrogens (tertiary/aromatic N) is 2. The Morgan fingerprint density at radius 1 is 1.53 bits per heavy atom. The molecule has 0 spiro atoms. The van der Waals surface area contributed by atoms with Gasteiger partial charge in [-0.25, -0.2) is 19.6 Å². The van der Waals surface area contributed by atoms with E-state index in [1.807, 2.05) is 0 Å². The molecule has 0 saturated carbocycles. The van der Waals surface area contributed by atoms with Crippen LogP contribution in [0, 0.1) is 0 Å². The van der Waals surface area contributed by atoms with E-state index in [2.05, 4.69) is 10.4 Å². The van der Waals surface area contributed by atoms with Gasteiger partial charge in [-0.1, -0.05) is 6.07 Å². The average molecular weight is 216 g/mol. The third-order valence-electron chi connectivity index (χ3n) is 1.84. The number of rotatable bonds is 5. The average Bonchev–Trinajstić information content (AvgIpc) is 2.16. The number of anilines is 1. The van der Waals surface area contributed by atoms with E-state index in [1.54, 1.807) is 25.2 Å². The molecule has 0 unspecified atom stereocenters. The van der Waals surface area contributed by atoms with Crippen molar-refractivity contribution in [2.24, 2.45) is 5.84 Å². The Hall–Kier alpha value is -1.27. The van der Waals surface area contributed by atoms with Crippen molar-refractivity contribution in [2.45, 2.75) is 13.0 Å². The number of alkyl halides is 2. The van der Waals surface area contributed by atoms with Gasteiger partial charge >= 0.3 is 0 Å². The second kappa shape index (κ2) is 5.57. The van der Waals surface area contributed by atoms with Gasteiger partial charge in [-0.05, 0) is 19.2 Å². The first-order valence-electron chi connectivity index (χ1n) is 4.51. The van der Waals surface area contributed by atoms with Crippen molar-refractivity contribution in [2.75, 3.05) is 19.0 Å². The molecule has 15 heavy (non-hydrogen) atoms. The van der Waals surface area contributed by atoms with Gasteiger partial charge in [0.2, 0.25) is 0 Å². The first kappa shape index (κ1) is 11.8. The minimum absolute atomic E-state index is 0.262. The lowest BCUT2D eigenvalue weighted by Gasteiger charge is -2.15. The Morgan fingerprint density at radius 2 is 2.27 bits per heavy atom. The predicted octanol–water partition coefficient (Wildman–Crippen LogP) is 1.06. The van der Waals surface area contributed by atoms with Gasteiger partial charge in [-0.2, -0.15) is 0 Å². The second-order valence-electron chi connectivity index (χ2n) is 3.25. The van der Waals surface area contributed by atoms with Gasteiger partial charge in [0.25, 0.3) is 6.43 Å². The minimum atomic E-state index is -2.33. The van der Waals surface area contributed by atoms with Crippen LogP contribution in [0.2, 0.25) is 0 Å². The van der Waals surface area contributed by atoms with Gasteiger partial charge in [-0.15, -0.1) is 0 Å². The molecule has 0 bridgehead atoms. The topological polar surface area (TPSA) is 54.2 Å². The van der Waals surface area contributed by atoms with Gasteiger partial charge in [0.15, 0.2) is 0 Å². The summed E-state index contributed by atoms with van der Waals surface area (Å²) in [6.45, 7) is 0.113. The lowest BCUT2D eigenvalue weighted by molar-refractivity contribution is 0.0971. The Kier molecular flexibility index (Phi) is 4.38. The van der Waals surface area contributed by atoms with Crippen LogP contribution < -0.4 is 11.3 Å². The first-order valence-corrected chi connectivity index (χ1v) is 4.51. The van der Waals surface area contributed by atoms with Crippen molar-refractivity contribution in [3.63, 3.8) is 0 Å². The van der Waals surface area contributed by atoms with Gasteiger partial charge in [-0.3, -0.25) is 4.90 Å². The molecule has 1 aromatic heterocycles. The van der Waals surface area contributed by atoms with Crippen molar-refractivity contribution in [1.82, 2.24) is 9.88 Å². The van der Waals surface area contributed by atoms with E-state index in [0.717, 1.165) is 0 Å². The molecule has 4 nitrogen and oxygen atoms in total. The molecule has 1 heterocycles. The van der Waals surface area contributed by atoms with Crippen LogP contribution in [0.3, 0.4) is 0 Å². The summed E-state index contributed by atoms with van der Waals surface area (Å²) in [4.78, 5) is 5.62.